The molecule has 7 heteroatoms. The maximum absolute atomic E-state index is 10.2. The molecule has 0 unspecified atom stereocenters. The molecule has 0 saturated heterocycles. The number of nitrogens with zero attached hydrogens (tertiary/aromatic N) is 2. The van der Waals surface area contributed by atoms with Gasteiger partial charge in [-0.3, -0.25) is 0 Å². The van der Waals surface area contributed by atoms with Crippen molar-refractivity contribution in [1.29, 1.82) is 5.26 Å². The summed E-state index contributed by atoms with van der Waals surface area (Å²) in [5, 5.41) is 10.2. The summed E-state index contributed by atoms with van der Waals surface area (Å²) >= 11 is 7.11. The summed E-state index contributed by atoms with van der Waals surface area (Å²) in [6, 6.07) is 30.2. The first-order valence-corrected chi connectivity index (χ1v) is 15.0. The van der Waals surface area contributed by atoms with Crippen molar-refractivity contribution in [2.45, 2.75) is 27.4 Å². The third-order valence-corrected chi connectivity index (χ3v) is 7.73. The highest BCUT2D eigenvalue weighted by Gasteiger charge is 2.23. The van der Waals surface area contributed by atoms with Crippen molar-refractivity contribution in [2.75, 3.05) is 6.61 Å². The lowest BCUT2D eigenvalue weighted by atomic mass is 9.97. The average molecular weight is 684 g/mol. The normalized spacial score (nSPS) is 11.0. The monoisotopic (exact) mass is 682 g/mol. The highest BCUT2D eigenvalue weighted by Crippen LogP contribution is 2.43. The number of halogens is 2. The van der Waals surface area contributed by atoms with Gasteiger partial charge < -0.3 is 13.9 Å². The van der Waals surface area contributed by atoms with E-state index >= 15 is 0 Å². The Hall–Kier alpha value is -4.12. The molecule has 5 nitrogen and oxygen atoms in total. The van der Waals surface area contributed by atoms with Crippen molar-refractivity contribution in [3.05, 3.63) is 122 Å². The molecule has 210 valence electrons. The number of aryl methyl sites for hydroxylation is 2. The molecule has 42 heavy (non-hydrogen) atoms. The number of rotatable bonds is 9. The fraction of sp³-hybridized carbons (Fsp3) is 0.143. The second-order valence-electron chi connectivity index (χ2n) is 9.77. The van der Waals surface area contributed by atoms with Gasteiger partial charge in [-0.2, -0.15) is 5.26 Å². The molecule has 1 heterocycles. The summed E-state index contributed by atoms with van der Waals surface area (Å²) in [4.78, 5) is 4.65. The van der Waals surface area contributed by atoms with Crippen molar-refractivity contribution in [3.63, 3.8) is 0 Å². The second-order valence-corrected chi connectivity index (χ2v) is 11.5. The minimum atomic E-state index is 0.244. The SMILES string of the molecule is CCOc1cc(C=Nc2oc(-c3ccc(C)cc3)c(-c3ccc(C)cc3)c2C#N)cc(Br)c1OCc1ccc(Br)cc1. The van der Waals surface area contributed by atoms with Crippen molar-refractivity contribution >= 4 is 44.0 Å². The van der Waals surface area contributed by atoms with Crippen LogP contribution in [0.1, 0.15) is 34.7 Å². The zero-order chi connectivity index (χ0) is 29.6. The van der Waals surface area contributed by atoms with Gasteiger partial charge >= 0.3 is 0 Å². The molecular formula is C35H28Br2N2O3. The van der Waals surface area contributed by atoms with Crippen molar-refractivity contribution in [2.24, 2.45) is 4.99 Å². The Balaban J connectivity index is 1.52. The topological polar surface area (TPSA) is 67.8 Å². The fourth-order valence-corrected chi connectivity index (χ4v) is 5.29. The number of ether oxygens (including phenoxy) is 2. The summed E-state index contributed by atoms with van der Waals surface area (Å²) in [6.07, 6.45) is 1.67. The zero-order valence-electron chi connectivity index (χ0n) is 23.4. The Bertz CT molecular complexity index is 1770. The second kappa shape index (κ2) is 13.2. The summed E-state index contributed by atoms with van der Waals surface area (Å²) in [5.41, 5.74) is 6.95. The van der Waals surface area contributed by atoms with Gasteiger partial charge in [0.15, 0.2) is 11.5 Å². The van der Waals surface area contributed by atoms with Gasteiger partial charge in [0, 0.05) is 21.8 Å². The van der Waals surface area contributed by atoms with Crippen molar-refractivity contribution < 1.29 is 13.9 Å². The van der Waals surface area contributed by atoms with E-state index in [2.05, 4.69) is 42.9 Å². The smallest absolute Gasteiger partial charge is 0.238 e. The van der Waals surface area contributed by atoms with Gasteiger partial charge in [-0.1, -0.05) is 87.7 Å². The van der Waals surface area contributed by atoms with E-state index in [1.165, 1.54) is 0 Å². The van der Waals surface area contributed by atoms with Crippen LogP contribution in [0.5, 0.6) is 11.5 Å². The van der Waals surface area contributed by atoms with Gasteiger partial charge in [0.1, 0.15) is 24.0 Å². The van der Waals surface area contributed by atoms with Crippen LogP contribution in [0.3, 0.4) is 0 Å². The number of benzene rings is 4. The Morgan fingerprint density at radius 1 is 0.857 bits per heavy atom. The molecule has 4 aromatic carbocycles. The number of hydrogen-bond donors (Lipinski definition) is 0. The largest absolute Gasteiger partial charge is 0.490 e. The van der Waals surface area contributed by atoms with Crippen LogP contribution in [0.15, 0.2) is 103 Å². The van der Waals surface area contributed by atoms with Gasteiger partial charge in [-0.05, 0) is 77.7 Å². The summed E-state index contributed by atoms with van der Waals surface area (Å²) < 4.78 is 20.1. The minimum absolute atomic E-state index is 0.244. The molecule has 5 rings (SSSR count). The van der Waals surface area contributed by atoms with Gasteiger partial charge in [0.2, 0.25) is 5.88 Å². The lowest BCUT2D eigenvalue weighted by Gasteiger charge is -2.14. The van der Waals surface area contributed by atoms with Crippen LogP contribution in [0, 0.1) is 25.2 Å². The Morgan fingerprint density at radius 3 is 2.12 bits per heavy atom. The Morgan fingerprint density at radius 2 is 1.50 bits per heavy atom. The standard InChI is InChI=1S/C35H28Br2N2O3/c1-4-40-31-18-25(17-30(37)34(31)41-21-24-9-15-28(36)16-10-24)20-39-35-29(19-38)32(26-11-5-22(2)6-12-26)33(42-35)27-13-7-23(3)8-14-27/h5-18,20H,4,21H2,1-3H3. The maximum Gasteiger partial charge on any atom is 0.238 e. The molecule has 0 radical (unpaired) electrons. The Kier molecular flexibility index (Phi) is 9.26. The van der Waals surface area contributed by atoms with E-state index in [9.17, 15) is 5.26 Å². The molecule has 1 aromatic heterocycles. The quantitative estimate of drug-likeness (QED) is 0.145. The van der Waals surface area contributed by atoms with Crippen LogP contribution in [0.25, 0.3) is 22.5 Å². The van der Waals surface area contributed by atoms with E-state index in [-0.39, 0.29) is 5.88 Å². The van der Waals surface area contributed by atoms with Gasteiger partial charge in [-0.25, -0.2) is 4.99 Å². The average Bonchev–Trinajstić information content (AvgIpc) is 3.36. The molecule has 0 N–H and O–H groups in total. The van der Waals surface area contributed by atoms with Crippen molar-refractivity contribution in [1.82, 2.24) is 0 Å². The molecule has 0 aliphatic rings. The molecule has 0 amide bonds. The minimum Gasteiger partial charge on any atom is -0.490 e. The lowest BCUT2D eigenvalue weighted by Crippen LogP contribution is -2.01. The maximum atomic E-state index is 10.2. The van der Waals surface area contributed by atoms with Crippen LogP contribution in [-0.2, 0) is 6.61 Å². The predicted octanol–water partition coefficient (Wildman–Crippen LogP) is 10.4. The highest BCUT2D eigenvalue weighted by molar-refractivity contribution is 9.10. The van der Waals surface area contributed by atoms with E-state index in [1.54, 1.807) is 6.21 Å². The fourth-order valence-electron chi connectivity index (χ4n) is 4.45. The summed E-state index contributed by atoms with van der Waals surface area (Å²) in [5.74, 6) is 2.05. The van der Waals surface area contributed by atoms with E-state index in [0.29, 0.717) is 36.0 Å². The molecule has 5 aromatic rings. The molecule has 0 aliphatic carbocycles. The first-order chi connectivity index (χ1) is 20.4. The number of aliphatic imine (C=N–C) groups is 1. The highest BCUT2D eigenvalue weighted by atomic mass is 79.9. The predicted molar refractivity (Wildman–Crippen MR) is 175 cm³/mol. The van der Waals surface area contributed by atoms with E-state index < -0.39 is 0 Å². The first kappa shape index (κ1) is 29.4. The van der Waals surface area contributed by atoms with E-state index in [1.807, 2.05) is 106 Å². The number of hydrogen-bond acceptors (Lipinski definition) is 5. The molecule has 0 spiro atoms. The Labute approximate surface area is 262 Å². The molecular weight excluding hydrogens is 656 g/mol. The molecule has 0 bridgehead atoms. The first-order valence-electron chi connectivity index (χ1n) is 13.4. The summed E-state index contributed by atoms with van der Waals surface area (Å²) in [7, 11) is 0. The molecule has 0 aliphatic heterocycles. The third kappa shape index (κ3) is 6.67. The molecule has 0 fully saturated rings. The van der Waals surface area contributed by atoms with Crippen LogP contribution in [0.4, 0.5) is 5.88 Å². The van der Waals surface area contributed by atoms with E-state index in [4.69, 9.17) is 13.9 Å². The van der Waals surface area contributed by atoms with Gasteiger partial charge in [0.05, 0.1) is 11.1 Å². The number of furan rings is 1. The van der Waals surface area contributed by atoms with E-state index in [0.717, 1.165) is 47.9 Å². The molecule has 0 saturated carbocycles. The molecule has 0 atom stereocenters. The van der Waals surface area contributed by atoms with Crippen LogP contribution < -0.4 is 9.47 Å². The zero-order valence-corrected chi connectivity index (χ0v) is 26.6. The third-order valence-electron chi connectivity index (χ3n) is 6.61. The summed E-state index contributed by atoms with van der Waals surface area (Å²) in [6.45, 7) is 6.86. The number of nitriles is 1. The van der Waals surface area contributed by atoms with Gasteiger partial charge in [-0.15, -0.1) is 0 Å². The lowest BCUT2D eigenvalue weighted by molar-refractivity contribution is 0.267. The van der Waals surface area contributed by atoms with Crippen LogP contribution in [-0.4, -0.2) is 12.8 Å². The van der Waals surface area contributed by atoms with Gasteiger partial charge in [0.25, 0.3) is 0 Å². The van der Waals surface area contributed by atoms with Crippen LogP contribution >= 0.6 is 31.9 Å². The van der Waals surface area contributed by atoms with Crippen LogP contribution in [0.2, 0.25) is 0 Å². The van der Waals surface area contributed by atoms with Crippen molar-refractivity contribution in [3.8, 4) is 40.0 Å².